The number of benzene rings is 3. The summed E-state index contributed by atoms with van der Waals surface area (Å²) in [6.45, 7) is 2.07. The van der Waals surface area contributed by atoms with E-state index in [1.54, 1.807) is 25.3 Å². The number of hydrogen-bond donors (Lipinski definition) is 1. The molecular weight excluding hydrogens is 533 g/mol. The molecule has 0 saturated heterocycles. The first-order valence-corrected chi connectivity index (χ1v) is 13.6. The maximum atomic E-state index is 13.8. The van der Waals surface area contributed by atoms with Gasteiger partial charge in [0, 0.05) is 45.8 Å². The highest BCUT2D eigenvalue weighted by Gasteiger charge is 2.42. The Morgan fingerprint density at radius 2 is 1.74 bits per heavy atom. The third-order valence-corrected chi connectivity index (χ3v) is 7.94. The van der Waals surface area contributed by atoms with Crippen molar-refractivity contribution in [3.05, 3.63) is 122 Å². The second-order valence-electron chi connectivity index (χ2n) is 9.83. The van der Waals surface area contributed by atoms with Crippen molar-refractivity contribution in [3.63, 3.8) is 0 Å². The molecule has 0 amide bonds. The first-order valence-electron chi connectivity index (χ1n) is 12.9. The van der Waals surface area contributed by atoms with Crippen LogP contribution in [0.15, 0.2) is 95.3 Å². The number of halogens is 2. The van der Waals surface area contributed by atoms with Gasteiger partial charge in [-0.3, -0.25) is 4.79 Å². The molecule has 2 aliphatic rings. The van der Waals surface area contributed by atoms with E-state index >= 15 is 0 Å². The Labute approximate surface area is 238 Å². The van der Waals surface area contributed by atoms with Gasteiger partial charge < -0.3 is 14.8 Å². The zero-order valence-corrected chi connectivity index (χ0v) is 23.3. The second-order valence-corrected chi connectivity index (χ2v) is 10.7. The highest BCUT2D eigenvalue weighted by molar-refractivity contribution is 6.35. The molecule has 7 heteroatoms. The number of carbonyl (C=O) groups excluding carboxylic acids is 2. The molecule has 0 fully saturated rings. The molecule has 0 aromatic heterocycles. The topological polar surface area (TPSA) is 64.6 Å². The smallest absolute Gasteiger partial charge is 0.336 e. The number of esters is 1. The van der Waals surface area contributed by atoms with Gasteiger partial charge in [0.25, 0.3) is 0 Å². The van der Waals surface area contributed by atoms with Gasteiger partial charge in [0.1, 0.15) is 5.75 Å². The molecule has 0 bridgehead atoms. The monoisotopic (exact) mass is 561 g/mol. The molecule has 3 aromatic carbocycles. The van der Waals surface area contributed by atoms with Crippen molar-refractivity contribution in [3.8, 4) is 5.75 Å². The second kappa shape index (κ2) is 11.7. The summed E-state index contributed by atoms with van der Waals surface area (Å²) in [6, 6.07) is 22.8. The van der Waals surface area contributed by atoms with Gasteiger partial charge in [-0.25, -0.2) is 4.79 Å². The van der Waals surface area contributed by atoms with Crippen LogP contribution >= 0.6 is 23.2 Å². The van der Waals surface area contributed by atoms with Crippen LogP contribution in [0.1, 0.15) is 48.3 Å². The Balaban J connectivity index is 1.48. The quantitative estimate of drug-likeness (QED) is 0.310. The molecule has 0 unspecified atom stereocenters. The zero-order valence-electron chi connectivity index (χ0n) is 21.8. The Kier molecular flexibility index (Phi) is 8.10. The van der Waals surface area contributed by atoms with E-state index in [-0.39, 0.29) is 18.3 Å². The number of ether oxygens (including phenoxy) is 2. The van der Waals surface area contributed by atoms with Crippen LogP contribution in [0.2, 0.25) is 10.0 Å². The van der Waals surface area contributed by atoms with Crippen molar-refractivity contribution in [2.24, 2.45) is 0 Å². The summed E-state index contributed by atoms with van der Waals surface area (Å²) < 4.78 is 11.0. The summed E-state index contributed by atoms with van der Waals surface area (Å²) in [7, 11) is 1.63. The molecule has 3 aromatic rings. The van der Waals surface area contributed by atoms with Crippen molar-refractivity contribution < 1.29 is 19.1 Å². The highest BCUT2D eigenvalue weighted by Crippen LogP contribution is 2.47. The first kappa shape index (κ1) is 27.0. The maximum absolute atomic E-state index is 13.8. The van der Waals surface area contributed by atoms with E-state index in [1.807, 2.05) is 61.5 Å². The minimum atomic E-state index is -0.653. The van der Waals surface area contributed by atoms with Crippen LogP contribution in [-0.4, -0.2) is 25.5 Å². The van der Waals surface area contributed by atoms with E-state index in [2.05, 4.69) is 5.32 Å². The first-order chi connectivity index (χ1) is 18.9. The lowest BCUT2D eigenvalue weighted by Crippen LogP contribution is -2.36. The summed E-state index contributed by atoms with van der Waals surface area (Å²) in [5.41, 5.74) is 5.20. The average molecular weight is 562 g/mol. The number of hydrogen-bond acceptors (Lipinski definition) is 5. The van der Waals surface area contributed by atoms with Crippen molar-refractivity contribution in [2.75, 3.05) is 13.7 Å². The zero-order chi connectivity index (χ0) is 27.5. The fraction of sp³-hybridized carbons (Fsp3) is 0.250. The van der Waals surface area contributed by atoms with Crippen LogP contribution in [0.5, 0.6) is 5.75 Å². The number of ketones is 1. The lowest BCUT2D eigenvalue weighted by molar-refractivity contribution is -0.139. The van der Waals surface area contributed by atoms with Crippen LogP contribution in [0, 0.1) is 0 Å². The van der Waals surface area contributed by atoms with E-state index in [0.29, 0.717) is 51.7 Å². The van der Waals surface area contributed by atoms with Gasteiger partial charge in [0.2, 0.25) is 0 Å². The Morgan fingerprint density at radius 3 is 2.44 bits per heavy atom. The number of rotatable bonds is 7. The number of allylic oxidation sites excluding steroid dienone is 3. The van der Waals surface area contributed by atoms with Crippen LogP contribution < -0.4 is 10.1 Å². The van der Waals surface area contributed by atoms with Crippen molar-refractivity contribution in [1.82, 2.24) is 5.32 Å². The molecule has 5 nitrogen and oxygen atoms in total. The van der Waals surface area contributed by atoms with E-state index in [4.69, 9.17) is 32.7 Å². The number of carbonyl (C=O) groups is 2. The van der Waals surface area contributed by atoms with Crippen molar-refractivity contribution >= 4 is 35.0 Å². The fourth-order valence-electron chi connectivity index (χ4n) is 5.45. The summed E-state index contributed by atoms with van der Waals surface area (Å²) in [5.74, 6) is -0.378. The SMILES string of the molecule is COc1ccc([C@@H]2CC(=O)C3=C(C2)NC(C)=C(C(=O)OCCc2ccccc2)[C@@H]3c2ccc(Cl)cc2Cl)cc1. The van der Waals surface area contributed by atoms with E-state index in [1.165, 1.54) is 0 Å². The van der Waals surface area contributed by atoms with E-state index in [9.17, 15) is 9.59 Å². The van der Waals surface area contributed by atoms with Gasteiger partial charge in [-0.1, -0.05) is 71.7 Å². The Bertz CT molecular complexity index is 1460. The van der Waals surface area contributed by atoms with Crippen molar-refractivity contribution in [2.45, 2.75) is 38.0 Å². The molecule has 1 N–H and O–H groups in total. The maximum Gasteiger partial charge on any atom is 0.336 e. The number of dihydropyridines is 1. The van der Waals surface area contributed by atoms with Gasteiger partial charge in [-0.15, -0.1) is 0 Å². The predicted octanol–water partition coefficient (Wildman–Crippen LogP) is 7.15. The van der Waals surface area contributed by atoms with Gasteiger partial charge in [0.15, 0.2) is 5.78 Å². The molecule has 1 heterocycles. The minimum absolute atomic E-state index is 0.00294. The number of methoxy groups -OCH3 is 1. The third-order valence-electron chi connectivity index (χ3n) is 7.37. The van der Waals surface area contributed by atoms with Crippen LogP contribution in [0.3, 0.4) is 0 Å². The number of nitrogens with one attached hydrogen (secondary N) is 1. The fourth-order valence-corrected chi connectivity index (χ4v) is 5.97. The molecule has 200 valence electrons. The summed E-state index contributed by atoms with van der Waals surface area (Å²) in [6.07, 6.45) is 1.54. The molecule has 0 saturated carbocycles. The van der Waals surface area contributed by atoms with Crippen molar-refractivity contribution in [1.29, 1.82) is 0 Å². The molecule has 1 aliphatic heterocycles. The van der Waals surface area contributed by atoms with Gasteiger partial charge in [-0.05, 0) is 60.2 Å². The summed E-state index contributed by atoms with van der Waals surface area (Å²) >= 11 is 12.9. The standard InChI is InChI=1S/C32H29Cl2NO4/c1-19-29(32(37)39-15-14-20-6-4-3-5-7-20)30(25-13-10-23(33)18-26(25)34)31-27(35-19)16-22(17-28(31)36)21-8-11-24(38-2)12-9-21/h3-13,18,22,30,35H,14-17H2,1-2H3/t22-,30-/m0/s1. The Morgan fingerprint density at radius 1 is 1.00 bits per heavy atom. The Hall–Kier alpha value is -3.54. The molecule has 1 aliphatic carbocycles. The molecule has 39 heavy (non-hydrogen) atoms. The summed E-state index contributed by atoms with van der Waals surface area (Å²) in [4.78, 5) is 27.4. The number of Topliss-reactive ketones (excluding diaryl/α,β-unsaturated/α-hetero) is 1. The van der Waals surface area contributed by atoms with Crippen LogP contribution in [0.25, 0.3) is 0 Å². The largest absolute Gasteiger partial charge is 0.497 e. The molecule has 5 rings (SSSR count). The van der Waals surface area contributed by atoms with Gasteiger partial charge in [0.05, 0.1) is 19.3 Å². The third kappa shape index (κ3) is 5.75. The minimum Gasteiger partial charge on any atom is -0.497 e. The van der Waals surface area contributed by atoms with Gasteiger partial charge in [-0.2, -0.15) is 0 Å². The molecule has 0 spiro atoms. The predicted molar refractivity (Wildman–Crippen MR) is 153 cm³/mol. The average Bonchev–Trinajstić information content (AvgIpc) is 2.93. The summed E-state index contributed by atoms with van der Waals surface area (Å²) in [5, 5.41) is 4.26. The van der Waals surface area contributed by atoms with E-state index < -0.39 is 11.9 Å². The highest BCUT2D eigenvalue weighted by atomic mass is 35.5. The van der Waals surface area contributed by atoms with E-state index in [0.717, 1.165) is 22.6 Å². The van der Waals surface area contributed by atoms with Gasteiger partial charge >= 0.3 is 5.97 Å². The molecule has 2 atom stereocenters. The lowest BCUT2D eigenvalue weighted by Gasteiger charge is -2.37. The lowest BCUT2D eigenvalue weighted by atomic mass is 9.71. The molecule has 0 radical (unpaired) electrons. The molecular formula is C32H29Cl2NO4. The van der Waals surface area contributed by atoms with Crippen LogP contribution in [-0.2, 0) is 20.7 Å². The van der Waals surface area contributed by atoms with Crippen LogP contribution in [0.4, 0.5) is 0 Å². The normalized spacial score (nSPS) is 18.9.